The maximum atomic E-state index is 12.1. The molecule has 0 aliphatic heterocycles. The zero-order valence-electron chi connectivity index (χ0n) is 11.3. The van der Waals surface area contributed by atoms with Gasteiger partial charge in [-0.25, -0.2) is 4.98 Å². The lowest BCUT2D eigenvalue weighted by Crippen LogP contribution is -2.34. The molecule has 0 radical (unpaired) electrons. The normalized spacial score (nSPS) is 11.9. The van der Waals surface area contributed by atoms with E-state index in [4.69, 9.17) is 16.0 Å². The predicted molar refractivity (Wildman–Crippen MR) is 78.1 cm³/mol. The van der Waals surface area contributed by atoms with E-state index >= 15 is 0 Å². The third-order valence-corrected chi connectivity index (χ3v) is 2.97. The highest BCUT2D eigenvalue weighted by Crippen LogP contribution is 2.14. The van der Waals surface area contributed by atoms with Crippen molar-refractivity contribution >= 4 is 23.3 Å². The number of halogens is 1. The van der Waals surface area contributed by atoms with Gasteiger partial charge in [0.2, 0.25) is 0 Å². The molecular weight excluding hydrogens is 278 g/mol. The van der Waals surface area contributed by atoms with Crippen molar-refractivity contribution in [3.8, 4) is 0 Å². The first-order chi connectivity index (χ1) is 9.58. The largest absolute Gasteiger partial charge is 0.469 e. The van der Waals surface area contributed by atoms with E-state index in [9.17, 15) is 4.79 Å². The molecule has 106 valence electrons. The summed E-state index contributed by atoms with van der Waals surface area (Å²) in [5, 5.41) is 6.04. The van der Waals surface area contributed by atoms with Crippen LogP contribution in [0, 0.1) is 0 Å². The molecule has 2 rings (SSSR count). The number of pyridine rings is 1. The Morgan fingerprint density at radius 3 is 2.95 bits per heavy atom. The third-order valence-electron chi connectivity index (χ3n) is 2.78. The van der Waals surface area contributed by atoms with Crippen LogP contribution in [0.2, 0.25) is 5.15 Å². The van der Waals surface area contributed by atoms with E-state index in [0.29, 0.717) is 17.8 Å². The first-order valence-electron chi connectivity index (χ1n) is 6.27. The van der Waals surface area contributed by atoms with Crippen LogP contribution in [-0.2, 0) is 6.42 Å². The SMILES string of the molecule is CNc1cc(C(=O)NC(C)Cc2ccco2)cc(Cl)n1. The van der Waals surface area contributed by atoms with Crippen LogP contribution in [0.15, 0.2) is 34.9 Å². The molecule has 0 fully saturated rings. The average molecular weight is 294 g/mol. The monoisotopic (exact) mass is 293 g/mol. The number of aromatic nitrogens is 1. The van der Waals surface area contributed by atoms with E-state index < -0.39 is 0 Å². The number of amides is 1. The lowest BCUT2D eigenvalue weighted by Gasteiger charge is -2.13. The van der Waals surface area contributed by atoms with Gasteiger partial charge in [0, 0.05) is 25.1 Å². The van der Waals surface area contributed by atoms with Crippen LogP contribution in [-0.4, -0.2) is 24.0 Å². The summed E-state index contributed by atoms with van der Waals surface area (Å²) in [6.07, 6.45) is 2.25. The molecule has 0 bridgehead atoms. The number of carbonyl (C=O) groups is 1. The molecule has 0 saturated heterocycles. The lowest BCUT2D eigenvalue weighted by atomic mass is 10.1. The van der Waals surface area contributed by atoms with E-state index in [1.165, 1.54) is 6.07 Å². The van der Waals surface area contributed by atoms with E-state index in [-0.39, 0.29) is 17.1 Å². The van der Waals surface area contributed by atoms with Gasteiger partial charge in [0.05, 0.1) is 6.26 Å². The summed E-state index contributed by atoms with van der Waals surface area (Å²) < 4.78 is 5.25. The molecule has 0 aromatic carbocycles. The van der Waals surface area contributed by atoms with Crippen LogP contribution < -0.4 is 10.6 Å². The van der Waals surface area contributed by atoms with Crippen molar-refractivity contribution in [2.75, 3.05) is 12.4 Å². The zero-order chi connectivity index (χ0) is 14.5. The highest BCUT2D eigenvalue weighted by Gasteiger charge is 2.13. The molecule has 0 aliphatic rings. The van der Waals surface area contributed by atoms with Crippen LogP contribution in [0.1, 0.15) is 23.0 Å². The topological polar surface area (TPSA) is 67.2 Å². The molecule has 2 N–H and O–H groups in total. The number of furan rings is 1. The molecule has 1 amide bonds. The molecule has 2 aromatic rings. The van der Waals surface area contributed by atoms with Gasteiger partial charge in [0.25, 0.3) is 5.91 Å². The first kappa shape index (κ1) is 14.4. The van der Waals surface area contributed by atoms with Crippen molar-refractivity contribution in [3.63, 3.8) is 0 Å². The Labute approximate surface area is 122 Å². The Bertz CT molecular complexity index is 584. The van der Waals surface area contributed by atoms with E-state index in [2.05, 4.69) is 15.6 Å². The molecule has 0 spiro atoms. The minimum Gasteiger partial charge on any atom is -0.469 e. The van der Waals surface area contributed by atoms with Crippen LogP contribution in [0.3, 0.4) is 0 Å². The third kappa shape index (κ3) is 3.74. The summed E-state index contributed by atoms with van der Waals surface area (Å²) in [6.45, 7) is 1.92. The Morgan fingerprint density at radius 2 is 2.30 bits per heavy atom. The van der Waals surface area contributed by atoms with E-state index in [1.807, 2.05) is 19.1 Å². The van der Waals surface area contributed by atoms with Crippen molar-refractivity contribution in [2.24, 2.45) is 0 Å². The zero-order valence-corrected chi connectivity index (χ0v) is 12.1. The van der Waals surface area contributed by atoms with Crippen molar-refractivity contribution < 1.29 is 9.21 Å². The van der Waals surface area contributed by atoms with Crippen LogP contribution >= 0.6 is 11.6 Å². The minimum absolute atomic E-state index is 0.0429. The van der Waals surface area contributed by atoms with Gasteiger partial charge in [-0.15, -0.1) is 0 Å². The van der Waals surface area contributed by atoms with Crippen molar-refractivity contribution in [3.05, 3.63) is 47.0 Å². The molecule has 2 aromatic heterocycles. The number of nitrogens with one attached hydrogen (secondary N) is 2. The van der Waals surface area contributed by atoms with Crippen molar-refractivity contribution in [1.82, 2.24) is 10.3 Å². The van der Waals surface area contributed by atoms with Gasteiger partial charge >= 0.3 is 0 Å². The molecule has 1 unspecified atom stereocenters. The molecule has 5 nitrogen and oxygen atoms in total. The fourth-order valence-electron chi connectivity index (χ4n) is 1.84. The molecule has 1 atom stereocenters. The maximum absolute atomic E-state index is 12.1. The van der Waals surface area contributed by atoms with Gasteiger partial charge in [-0.2, -0.15) is 0 Å². The van der Waals surface area contributed by atoms with Gasteiger partial charge in [-0.05, 0) is 31.2 Å². The highest BCUT2D eigenvalue weighted by atomic mass is 35.5. The summed E-state index contributed by atoms with van der Waals surface area (Å²) in [6, 6.07) is 6.85. The first-order valence-corrected chi connectivity index (χ1v) is 6.65. The van der Waals surface area contributed by atoms with Crippen molar-refractivity contribution in [1.29, 1.82) is 0 Å². The number of hydrogen-bond donors (Lipinski definition) is 2. The van der Waals surface area contributed by atoms with Gasteiger partial charge in [0.1, 0.15) is 16.7 Å². The average Bonchev–Trinajstić information content (AvgIpc) is 2.90. The summed E-state index contributed by atoms with van der Waals surface area (Å²) in [7, 11) is 1.72. The second kappa shape index (κ2) is 6.43. The fourth-order valence-corrected chi connectivity index (χ4v) is 2.05. The number of rotatable bonds is 5. The summed E-state index contributed by atoms with van der Waals surface area (Å²) in [4.78, 5) is 16.2. The summed E-state index contributed by atoms with van der Waals surface area (Å²) in [5.41, 5.74) is 0.473. The summed E-state index contributed by atoms with van der Waals surface area (Å²) in [5.74, 6) is 1.20. The molecular formula is C14H16ClN3O2. The van der Waals surface area contributed by atoms with Crippen LogP contribution in [0.4, 0.5) is 5.82 Å². The highest BCUT2D eigenvalue weighted by molar-refractivity contribution is 6.29. The lowest BCUT2D eigenvalue weighted by molar-refractivity contribution is 0.0939. The molecule has 6 heteroatoms. The Hall–Kier alpha value is -2.01. The Balaban J connectivity index is 2.02. The second-order valence-electron chi connectivity index (χ2n) is 4.47. The minimum atomic E-state index is -0.190. The van der Waals surface area contributed by atoms with E-state index in [0.717, 1.165) is 5.76 Å². The van der Waals surface area contributed by atoms with Gasteiger partial charge < -0.3 is 15.1 Å². The van der Waals surface area contributed by atoms with Crippen molar-refractivity contribution in [2.45, 2.75) is 19.4 Å². The van der Waals surface area contributed by atoms with Crippen LogP contribution in [0.25, 0.3) is 0 Å². The second-order valence-corrected chi connectivity index (χ2v) is 4.86. The molecule has 0 saturated carbocycles. The molecule has 0 aliphatic carbocycles. The number of nitrogens with zero attached hydrogens (tertiary/aromatic N) is 1. The summed E-state index contributed by atoms with van der Waals surface area (Å²) >= 11 is 5.88. The fraction of sp³-hybridized carbons (Fsp3) is 0.286. The molecule has 2 heterocycles. The van der Waals surface area contributed by atoms with Gasteiger partial charge in [0.15, 0.2) is 0 Å². The van der Waals surface area contributed by atoms with Crippen LogP contribution in [0.5, 0.6) is 0 Å². The standard InChI is InChI=1S/C14H16ClN3O2/c1-9(6-11-4-3-5-20-11)17-14(19)10-7-12(15)18-13(8-10)16-2/h3-5,7-9H,6H2,1-2H3,(H,16,18)(H,17,19). The van der Waals surface area contributed by atoms with E-state index in [1.54, 1.807) is 19.4 Å². The Morgan fingerprint density at radius 1 is 1.50 bits per heavy atom. The predicted octanol–water partition coefficient (Wildman–Crippen LogP) is 2.73. The van der Waals surface area contributed by atoms with Gasteiger partial charge in [-0.1, -0.05) is 11.6 Å². The van der Waals surface area contributed by atoms with Gasteiger partial charge in [-0.3, -0.25) is 4.79 Å². The smallest absolute Gasteiger partial charge is 0.251 e. The quantitative estimate of drug-likeness (QED) is 0.832. The maximum Gasteiger partial charge on any atom is 0.251 e. The number of carbonyl (C=O) groups excluding carboxylic acids is 1. The Kier molecular flexibility index (Phi) is 4.63. The number of anilines is 1. The number of hydrogen-bond acceptors (Lipinski definition) is 4. The molecule has 20 heavy (non-hydrogen) atoms.